The third-order valence-electron chi connectivity index (χ3n) is 2.33. The van der Waals surface area contributed by atoms with Crippen molar-refractivity contribution in [2.24, 2.45) is 11.8 Å². The average Bonchev–Trinajstić information content (AvgIpc) is 2.75. The van der Waals surface area contributed by atoms with Gasteiger partial charge in [0.2, 0.25) is 0 Å². The number of carbonyl (C=O) groups is 1. The molecule has 0 fully saturated rings. The summed E-state index contributed by atoms with van der Waals surface area (Å²) in [6.45, 7) is 3.01. The molecule has 1 unspecified atom stereocenters. The number of nitriles is 1. The number of nitrogen functional groups attached to an aromatic ring is 1. The lowest BCUT2D eigenvalue weighted by Gasteiger charge is -2.17. The summed E-state index contributed by atoms with van der Waals surface area (Å²) in [5.74, 6) is 4.75. The highest BCUT2D eigenvalue weighted by Crippen LogP contribution is 2.13. The summed E-state index contributed by atoms with van der Waals surface area (Å²) >= 11 is 0. The summed E-state index contributed by atoms with van der Waals surface area (Å²) in [6, 6.07) is 3.88. The maximum Gasteiger partial charge on any atom is 0.301 e. The van der Waals surface area contributed by atoms with E-state index in [2.05, 4.69) is 6.07 Å². The minimum absolute atomic E-state index is 0.0568. The van der Waals surface area contributed by atoms with Crippen molar-refractivity contribution in [1.29, 1.82) is 5.26 Å². The standard InChI is InChI=1S/C11H16N4O2/c1-8(5-12)6-15(2)7-9-3-4-17-10(9)11(16)14-13/h3-4,8H,6-7,13H2,1-2H3,(H,14,16). The van der Waals surface area contributed by atoms with Crippen molar-refractivity contribution >= 4 is 5.91 Å². The largest absolute Gasteiger partial charge is 0.459 e. The monoisotopic (exact) mass is 236 g/mol. The predicted octanol–water partition coefficient (Wildman–Crippen LogP) is 0.475. The maximum atomic E-state index is 11.4. The van der Waals surface area contributed by atoms with E-state index in [1.165, 1.54) is 6.26 Å². The lowest BCUT2D eigenvalue weighted by atomic mass is 10.1. The lowest BCUT2D eigenvalue weighted by molar-refractivity contribution is 0.0923. The number of nitrogens with zero attached hydrogens (tertiary/aromatic N) is 2. The number of carbonyl (C=O) groups excluding carboxylic acids is 1. The molecule has 0 saturated carbocycles. The molecule has 1 atom stereocenters. The van der Waals surface area contributed by atoms with Crippen LogP contribution in [0.25, 0.3) is 0 Å². The minimum Gasteiger partial charge on any atom is -0.459 e. The first-order valence-electron chi connectivity index (χ1n) is 5.24. The van der Waals surface area contributed by atoms with Gasteiger partial charge >= 0.3 is 5.91 Å². The predicted molar refractivity (Wildman–Crippen MR) is 61.5 cm³/mol. The molecule has 0 spiro atoms. The molecule has 1 heterocycles. The van der Waals surface area contributed by atoms with Gasteiger partial charge in [-0.1, -0.05) is 0 Å². The summed E-state index contributed by atoms with van der Waals surface area (Å²) in [7, 11) is 1.88. The second kappa shape index (κ2) is 6.03. The number of nitrogens with two attached hydrogens (primary N) is 1. The molecule has 0 aromatic carbocycles. The van der Waals surface area contributed by atoms with Gasteiger partial charge in [-0.2, -0.15) is 5.26 Å². The highest BCUT2D eigenvalue weighted by Gasteiger charge is 2.16. The van der Waals surface area contributed by atoms with Crippen molar-refractivity contribution in [2.75, 3.05) is 13.6 Å². The summed E-state index contributed by atoms with van der Waals surface area (Å²) in [6.07, 6.45) is 1.45. The van der Waals surface area contributed by atoms with E-state index >= 15 is 0 Å². The van der Waals surface area contributed by atoms with Gasteiger partial charge < -0.3 is 9.32 Å². The van der Waals surface area contributed by atoms with Crippen molar-refractivity contribution in [1.82, 2.24) is 10.3 Å². The van der Waals surface area contributed by atoms with Crippen LogP contribution in [-0.2, 0) is 6.54 Å². The summed E-state index contributed by atoms with van der Waals surface area (Å²) < 4.78 is 5.07. The van der Waals surface area contributed by atoms with Gasteiger partial charge in [0, 0.05) is 18.7 Å². The first-order chi connectivity index (χ1) is 8.08. The minimum atomic E-state index is -0.452. The van der Waals surface area contributed by atoms with Gasteiger partial charge in [-0.15, -0.1) is 0 Å². The Morgan fingerprint density at radius 1 is 1.76 bits per heavy atom. The summed E-state index contributed by atoms with van der Waals surface area (Å²) in [5.41, 5.74) is 2.78. The van der Waals surface area contributed by atoms with Crippen LogP contribution in [0.15, 0.2) is 16.7 Å². The Morgan fingerprint density at radius 2 is 2.47 bits per heavy atom. The molecule has 0 aliphatic heterocycles. The first-order valence-corrected chi connectivity index (χ1v) is 5.24. The van der Waals surface area contributed by atoms with Crippen molar-refractivity contribution in [3.63, 3.8) is 0 Å². The van der Waals surface area contributed by atoms with Gasteiger partial charge in [-0.05, 0) is 20.0 Å². The molecular formula is C11H16N4O2. The molecule has 92 valence electrons. The van der Waals surface area contributed by atoms with Crippen molar-refractivity contribution < 1.29 is 9.21 Å². The zero-order valence-electron chi connectivity index (χ0n) is 9.93. The van der Waals surface area contributed by atoms with Gasteiger partial charge in [-0.3, -0.25) is 10.2 Å². The van der Waals surface area contributed by atoms with E-state index in [-0.39, 0.29) is 11.7 Å². The number of hydrogen-bond donors (Lipinski definition) is 2. The van der Waals surface area contributed by atoms with E-state index in [9.17, 15) is 4.79 Å². The van der Waals surface area contributed by atoms with Gasteiger partial charge in [0.05, 0.1) is 18.3 Å². The SMILES string of the molecule is CC(C#N)CN(C)Cc1ccoc1C(=O)NN. The molecule has 0 bridgehead atoms. The molecule has 3 N–H and O–H groups in total. The zero-order valence-corrected chi connectivity index (χ0v) is 9.93. The fourth-order valence-corrected chi connectivity index (χ4v) is 1.59. The van der Waals surface area contributed by atoms with Crippen LogP contribution in [-0.4, -0.2) is 24.4 Å². The van der Waals surface area contributed by atoms with Crippen LogP contribution >= 0.6 is 0 Å². The van der Waals surface area contributed by atoms with E-state index in [0.29, 0.717) is 13.1 Å². The van der Waals surface area contributed by atoms with Crippen LogP contribution in [0.1, 0.15) is 23.0 Å². The number of hydrazine groups is 1. The molecule has 1 aromatic rings. The van der Waals surface area contributed by atoms with E-state index < -0.39 is 5.91 Å². The fraction of sp³-hybridized carbons (Fsp3) is 0.455. The van der Waals surface area contributed by atoms with Crippen molar-refractivity contribution in [3.8, 4) is 6.07 Å². The highest BCUT2D eigenvalue weighted by molar-refractivity contribution is 5.92. The number of furan rings is 1. The Labute approximate surface area is 100.0 Å². The van der Waals surface area contributed by atoms with Gasteiger partial charge in [0.25, 0.3) is 0 Å². The second-order valence-electron chi connectivity index (χ2n) is 3.98. The molecule has 0 radical (unpaired) electrons. The number of nitrogens with one attached hydrogen (secondary N) is 1. The molecule has 1 amide bonds. The van der Waals surface area contributed by atoms with Crippen LogP contribution < -0.4 is 11.3 Å². The zero-order chi connectivity index (χ0) is 12.8. The van der Waals surface area contributed by atoms with E-state index in [1.807, 2.05) is 24.3 Å². The second-order valence-corrected chi connectivity index (χ2v) is 3.98. The van der Waals surface area contributed by atoms with Gasteiger partial charge in [0.1, 0.15) is 0 Å². The third kappa shape index (κ3) is 3.59. The Kier molecular flexibility index (Phi) is 4.69. The van der Waals surface area contributed by atoms with Crippen LogP contribution in [0.4, 0.5) is 0 Å². The first kappa shape index (κ1) is 13.2. The molecule has 6 heteroatoms. The quantitative estimate of drug-likeness (QED) is 0.440. The van der Waals surface area contributed by atoms with Crippen LogP contribution in [0, 0.1) is 17.2 Å². The maximum absolute atomic E-state index is 11.4. The van der Waals surface area contributed by atoms with E-state index in [0.717, 1.165) is 5.56 Å². The average molecular weight is 236 g/mol. The van der Waals surface area contributed by atoms with Gasteiger partial charge in [-0.25, -0.2) is 5.84 Å². The molecular weight excluding hydrogens is 220 g/mol. The van der Waals surface area contributed by atoms with E-state index in [1.54, 1.807) is 6.07 Å². The Hall–Kier alpha value is -1.84. The molecule has 1 aromatic heterocycles. The van der Waals surface area contributed by atoms with E-state index in [4.69, 9.17) is 15.5 Å². The van der Waals surface area contributed by atoms with Crippen molar-refractivity contribution in [3.05, 3.63) is 23.7 Å². The third-order valence-corrected chi connectivity index (χ3v) is 2.33. The molecule has 6 nitrogen and oxygen atoms in total. The normalized spacial score (nSPS) is 12.2. The fourth-order valence-electron chi connectivity index (χ4n) is 1.59. The number of hydrogen-bond acceptors (Lipinski definition) is 5. The smallest absolute Gasteiger partial charge is 0.301 e. The topological polar surface area (TPSA) is 95.3 Å². The highest BCUT2D eigenvalue weighted by atomic mass is 16.3. The van der Waals surface area contributed by atoms with Crippen molar-refractivity contribution in [2.45, 2.75) is 13.5 Å². The Balaban J connectivity index is 2.66. The van der Waals surface area contributed by atoms with Crippen LogP contribution in [0.2, 0.25) is 0 Å². The molecule has 0 aliphatic rings. The molecule has 0 aliphatic carbocycles. The van der Waals surface area contributed by atoms with Crippen LogP contribution in [0.3, 0.4) is 0 Å². The number of rotatable bonds is 5. The lowest BCUT2D eigenvalue weighted by Crippen LogP contribution is -2.31. The summed E-state index contributed by atoms with van der Waals surface area (Å²) in [5, 5.41) is 8.71. The number of amides is 1. The molecule has 0 saturated heterocycles. The summed E-state index contributed by atoms with van der Waals surface area (Å²) in [4.78, 5) is 13.3. The Morgan fingerprint density at radius 3 is 3.06 bits per heavy atom. The van der Waals surface area contributed by atoms with Crippen LogP contribution in [0.5, 0.6) is 0 Å². The Bertz CT molecular complexity index is 421. The van der Waals surface area contributed by atoms with Gasteiger partial charge in [0.15, 0.2) is 5.76 Å². The molecule has 1 rings (SSSR count). The molecule has 17 heavy (non-hydrogen) atoms.